The quantitative estimate of drug-likeness (QED) is 0.107. The third-order valence-electron chi connectivity index (χ3n) is 10.6. The number of pyridine rings is 1. The second-order valence-corrected chi connectivity index (χ2v) is 21.4. The minimum absolute atomic E-state index is 0.0475. The molecule has 13 heteroatoms. The zero-order valence-electron chi connectivity index (χ0n) is 35.6. The van der Waals surface area contributed by atoms with Gasteiger partial charge in [0.2, 0.25) is 5.95 Å². The summed E-state index contributed by atoms with van der Waals surface area (Å²) in [4.78, 5) is 28.6. The van der Waals surface area contributed by atoms with Gasteiger partial charge in [-0.25, -0.2) is 9.78 Å². The average Bonchev–Trinajstić information content (AvgIpc) is 3.50. The fourth-order valence-corrected chi connectivity index (χ4v) is 12.5. The van der Waals surface area contributed by atoms with Crippen molar-refractivity contribution < 1.29 is 18.7 Å². The number of carbonyl (C=O) groups is 1. The number of nitrogen functional groups attached to an aromatic ring is 1. The number of nitrogens with one attached hydrogen (secondary N) is 1. The van der Waals surface area contributed by atoms with Crippen molar-refractivity contribution >= 4 is 53.2 Å². The first-order chi connectivity index (χ1) is 27.6. The Labute approximate surface area is 344 Å². The third-order valence-corrected chi connectivity index (χ3v) is 15.7. The lowest BCUT2D eigenvalue weighted by molar-refractivity contribution is 0.0270. The topological polar surface area (TPSA) is 143 Å². The summed E-state index contributed by atoms with van der Waals surface area (Å²) in [5.41, 5.74) is 10.8. The molecule has 4 heterocycles. The van der Waals surface area contributed by atoms with Gasteiger partial charge in [0.1, 0.15) is 28.1 Å². The van der Waals surface area contributed by atoms with Gasteiger partial charge in [-0.05, 0) is 79.6 Å². The maximum absolute atomic E-state index is 12.6. The molecule has 58 heavy (non-hydrogen) atoms. The van der Waals surface area contributed by atoms with Gasteiger partial charge in [0.05, 0.1) is 19.3 Å². The van der Waals surface area contributed by atoms with Crippen LogP contribution in [0, 0.1) is 6.92 Å². The summed E-state index contributed by atoms with van der Waals surface area (Å²) in [5, 5.41) is 11.1. The Morgan fingerprint density at radius 3 is 2.22 bits per heavy atom. The molecule has 1 amide bonds. The highest BCUT2D eigenvalue weighted by Crippen LogP contribution is 2.37. The van der Waals surface area contributed by atoms with Crippen molar-refractivity contribution in [1.82, 2.24) is 29.6 Å². The van der Waals surface area contributed by atoms with E-state index in [1.54, 1.807) is 12.0 Å². The van der Waals surface area contributed by atoms with E-state index in [9.17, 15) is 4.79 Å². The predicted octanol–water partition coefficient (Wildman–Crippen LogP) is 7.74. The zero-order valence-corrected chi connectivity index (χ0v) is 36.6. The molecule has 308 valence electrons. The maximum Gasteiger partial charge on any atom is 0.410 e. The highest BCUT2D eigenvalue weighted by molar-refractivity contribution is 6.99. The van der Waals surface area contributed by atoms with Crippen LogP contribution in [0.5, 0.6) is 5.75 Å². The first-order valence-corrected chi connectivity index (χ1v) is 22.3. The number of aryl methyl sites for hydroxylation is 1. The summed E-state index contributed by atoms with van der Waals surface area (Å²) in [5.74, 6) is 1.46. The smallest absolute Gasteiger partial charge is 0.410 e. The van der Waals surface area contributed by atoms with Crippen LogP contribution in [0.4, 0.5) is 16.6 Å². The van der Waals surface area contributed by atoms with E-state index >= 15 is 0 Å². The van der Waals surface area contributed by atoms with Crippen LogP contribution in [0.3, 0.4) is 0 Å². The number of aromatic nitrogens is 5. The second kappa shape index (κ2) is 17.7. The lowest BCUT2D eigenvalue weighted by Gasteiger charge is -2.43. The summed E-state index contributed by atoms with van der Waals surface area (Å²) in [6, 6.07) is 23.5. The Morgan fingerprint density at radius 1 is 0.983 bits per heavy atom. The number of nitrogens with zero attached hydrogens (tertiary/aromatic N) is 6. The van der Waals surface area contributed by atoms with Crippen LogP contribution in [0.15, 0.2) is 79.0 Å². The van der Waals surface area contributed by atoms with E-state index in [1.807, 2.05) is 44.6 Å². The van der Waals surface area contributed by atoms with Crippen molar-refractivity contribution in [2.75, 3.05) is 37.9 Å². The normalized spacial score (nSPS) is 14.3. The van der Waals surface area contributed by atoms with Gasteiger partial charge in [0.15, 0.2) is 5.82 Å². The number of amides is 1. The Kier molecular flexibility index (Phi) is 12.9. The first-order valence-electron chi connectivity index (χ1n) is 20.4. The number of rotatable bonds is 14. The van der Waals surface area contributed by atoms with Crippen LogP contribution in [0.25, 0.3) is 16.6 Å². The summed E-state index contributed by atoms with van der Waals surface area (Å²) in [7, 11) is -1.05. The Balaban J connectivity index is 1.24. The maximum atomic E-state index is 12.6. The molecule has 3 aromatic heterocycles. The molecule has 0 radical (unpaired) electrons. The molecule has 1 atom stereocenters. The summed E-state index contributed by atoms with van der Waals surface area (Å²) >= 11 is 0. The largest absolute Gasteiger partial charge is 0.495 e. The molecule has 0 unspecified atom stereocenters. The molecular weight excluding hydrogens is 745 g/mol. The van der Waals surface area contributed by atoms with Crippen molar-refractivity contribution in [2.45, 2.75) is 104 Å². The number of anilines is 2. The zero-order chi connectivity index (χ0) is 41.7. The third kappa shape index (κ3) is 9.37. The second-order valence-electron chi connectivity index (χ2n) is 17.1. The lowest BCUT2D eigenvalue weighted by Crippen LogP contribution is -2.66. The number of hydrogen-bond donors (Lipinski definition) is 2. The molecule has 0 saturated carbocycles. The van der Waals surface area contributed by atoms with Gasteiger partial charge in [-0.15, -0.1) is 0 Å². The number of ether oxygens (including phenoxy) is 2. The molecular formula is C45H60N8O4Si. The van der Waals surface area contributed by atoms with E-state index < -0.39 is 13.9 Å². The summed E-state index contributed by atoms with van der Waals surface area (Å²) in [6.07, 6.45) is 6.94. The number of fused-ring (bicyclic) bond motifs is 1. The molecule has 0 aliphatic carbocycles. The number of carbonyl (C=O) groups excluding carboxylic acids is 1. The van der Waals surface area contributed by atoms with Crippen molar-refractivity contribution in [2.24, 2.45) is 0 Å². The van der Waals surface area contributed by atoms with E-state index in [2.05, 4.69) is 105 Å². The minimum atomic E-state index is -2.70. The van der Waals surface area contributed by atoms with Gasteiger partial charge in [0, 0.05) is 31.9 Å². The number of methoxy groups -OCH3 is 1. The van der Waals surface area contributed by atoms with Gasteiger partial charge in [-0.1, -0.05) is 101 Å². The molecule has 0 fully saturated rings. The Hall–Kier alpha value is -5.27. The van der Waals surface area contributed by atoms with Gasteiger partial charge < -0.3 is 29.9 Å². The van der Waals surface area contributed by atoms with E-state index in [0.717, 1.165) is 41.6 Å². The number of nitrogens with two attached hydrogens (primary N) is 1. The van der Waals surface area contributed by atoms with Crippen LogP contribution >= 0.6 is 0 Å². The molecule has 5 aromatic rings. The van der Waals surface area contributed by atoms with Crippen LogP contribution < -0.4 is 26.2 Å². The Bertz CT molecular complexity index is 2170. The molecule has 12 nitrogen and oxygen atoms in total. The SMILES string of the molecule is CCC[C@@H](CCO[Si](c1ccccc1)(c1ccccc1)C(C)(C)C)Nc1nc(N)nc2c(C)nn(Cc3ncc(C4=CCN(C(=O)OC(C)(C)C)CC4)cc3OC)c12. The predicted molar refractivity (Wildman–Crippen MR) is 235 cm³/mol. The van der Waals surface area contributed by atoms with Crippen molar-refractivity contribution in [3.8, 4) is 5.75 Å². The molecule has 0 spiro atoms. The van der Waals surface area contributed by atoms with Gasteiger partial charge >= 0.3 is 6.09 Å². The van der Waals surface area contributed by atoms with Crippen molar-refractivity contribution in [3.63, 3.8) is 0 Å². The highest BCUT2D eigenvalue weighted by Gasteiger charge is 2.50. The van der Waals surface area contributed by atoms with Crippen molar-refractivity contribution in [1.29, 1.82) is 0 Å². The van der Waals surface area contributed by atoms with E-state index in [1.165, 1.54) is 10.4 Å². The number of benzene rings is 2. The average molecular weight is 805 g/mol. The fourth-order valence-electron chi connectivity index (χ4n) is 7.92. The highest BCUT2D eigenvalue weighted by atomic mass is 28.4. The van der Waals surface area contributed by atoms with Crippen LogP contribution in [0.2, 0.25) is 5.04 Å². The standard InChI is InChI=1S/C45H60N8O4Si/c1-10-17-34(24-27-56-58(45(6,7)8,35-18-13-11-14-19-35)36-20-15-12-16-21-36)48-41-40-39(49-42(46)50-41)31(2)51-53(40)30-37-38(55-9)28-33(29-47-37)32-22-25-52(26-23-32)43(54)57-44(3,4)5/h11-16,18-22,28-29,34H,10,17,23-27,30H2,1-9H3,(H3,46,48,49,50)/t34-/m0/s1. The molecule has 1 aliphatic rings. The minimum Gasteiger partial charge on any atom is -0.495 e. The lowest BCUT2D eigenvalue weighted by atomic mass is 10.0. The van der Waals surface area contributed by atoms with Crippen LogP contribution in [-0.4, -0.2) is 82.5 Å². The van der Waals surface area contributed by atoms with E-state index in [4.69, 9.17) is 34.7 Å². The summed E-state index contributed by atoms with van der Waals surface area (Å²) < 4.78 is 20.6. The van der Waals surface area contributed by atoms with Gasteiger partial charge in [-0.3, -0.25) is 9.67 Å². The van der Waals surface area contributed by atoms with Gasteiger partial charge in [-0.2, -0.15) is 10.1 Å². The van der Waals surface area contributed by atoms with Gasteiger partial charge in [0.25, 0.3) is 8.32 Å². The molecule has 1 aliphatic heterocycles. The summed E-state index contributed by atoms with van der Waals surface area (Å²) in [6.45, 7) is 18.6. The first kappa shape index (κ1) is 42.3. The monoisotopic (exact) mass is 804 g/mol. The Morgan fingerprint density at radius 2 is 1.66 bits per heavy atom. The fraction of sp³-hybridized carbons (Fsp3) is 0.444. The van der Waals surface area contributed by atoms with Crippen molar-refractivity contribution in [3.05, 3.63) is 96.0 Å². The van der Waals surface area contributed by atoms with E-state index in [-0.39, 0.29) is 23.1 Å². The number of hydrogen-bond acceptors (Lipinski definition) is 10. The molecule has 6 rings (SSSR count). The molecule has 2 aromatic carbocycles. The molecule has 3 N–H and O–H groups in total. The molecule has 0 bridgehead atoms. The van der Waals surface area contributed by atoms with Crippen LogP contribution in [-0.2, 0) is 15.7 Å². The van der Waals surface area contributed by atoms with E-state index in [0.29, 0.717) is 55.4 Å². The molecule has 0 saturated heterocycles. The van der Waals surface area contributed by atoms with Crippen LogP contribution in [0.1, 0.15) is 91.1 Å².